The highest BCUT2D eigenvalue weighted by molar-refractivity contribution is 5.85. The second-order valence-electron chi connectivity index (χ2n) is 8.59. The Hall–Kier alpha value is -2.54. The molecule has 4 rings (SSSR count). The summed E-state index contributed by atoms with van der Waals surface area (Å²) in [6, 6.07) is 10.3. The zero-order chi connectivity index (χ0) is 26.7. The number of hydrogen-bond acceptors (Lipinski definition) is 4. The molecule has 0 aliphatic carbocycles. The number of halogens is 8. The van der Waals surface area contributed by atoms with E-state index in [1.807, 2.05) is 0 Å². The number of benzene rings is 2. The molecule has 2 aliphatic rings. The fraction of sp³-hybridized carbons (Fsp3) is 0.417. The van der Waals surface area contributed by atoms with Crippen molar-refractivity contribution in [2.24, 2.45) is 11.8 Å². The highest BCUT2D eigenvalue weighted by atomic mass is 35.5. The number of carboxylic acid groups (broad SMARTS) is 2. The van der Waals surface area contributed by atoms with Gasteiger partial charge in [-0.1, -0.05) is 36.4 Å². The number of nitrogens with one attached hydrogen (secondary N) is 2. The molecule has 0 saturated carbocycles. The zero-order valence-electron chi connectivity index (χ0n) is 19.6. The van der Waals surface area contributed by atoms with E-state index in [0.717, 1.165) is 12.1 Å². The van der Waals surface area contributed by atoms with Gasteiger partial charge in [-0.15, -0.1) is 24.8 Å². The number of aliphatic carboxylic acids is 2. The maximum absolute atomic E-state index is 12.9. The third-order valence-electron chi connectivity index (χ3n) is 6.39. The first-order chi connectivity index (χ1) is 16.8. The molecule has 0 aromatic heterocycles. The van der Waals surface area contributed by atoms with Gasteiger partial charge in [0.1, 0.15) is 0 Å². The molecule has 2 saturated heterocycles. The van der Waals surface area contributed by atoms with Crippen LogP contribution in [0.15, 0.2) is 48.5 Å². The van der Waals surface area contributed by atoms with Gasteiger partial charge in [0.25, 0.3) is 0 Å². The topological polar surface area (TPSA) is 98.7 Å². The summed E-state index contributed by atoms with van der Waals surface area (Å²) in [7, 11) is 0. The Bertz CT molecular complexity index is 1010. The van der Waals surface area contributed by atoms with Crippen molar-refractivity contribution < 1.29 is 46.1 Å². The maximum atomic E-state index is 12.9. The van der Waals surface area contributed by atoms with Gasteiger partial charge in [-0.3, -0.25) is 9.59 Å². The first-order valence-electron chi connectivity index (χ1n) is 11.0. The fourth-order valence-electron chi connectivity index (χ4n) is 4.69. The number of alkyl halides is 6. The predicted octanol–water partition coefficient (Wildman–Crippen LogP) is 5.03. The monoisotopic (exact) mass is 590 g/mol. The second-order valence-corrected chi connectivity index (χ2v) is 8.59. The van der Waals surface area contributed by atoms with Crippen LogP contribution in [0.1, 0.15) is 34.1 Å². The average Bonchev–Trinajstić information content (AvgIpc) is 3.48. The average molecular weight is 591 g/mol. The summed E-state index contributed by atoms with van der Waals surface area (Å²) in [6.07, 6.45) is -8.91. The van der Waals surface area contributed by atoms with Crippen molar-refractivity contribution in [2.75, 3.05) is 26.2 Å². The number of carbonyl (C=O) groups is 2. The highest BCUT2D eigenvalue weighted by Crippen LogP contribution is 2.40. The fourth-order valence-corrected chi connectivity index (χ4v) is 4.69. The lowest BCUT2D eigenvalue weighted by atomic mass is 9.86. The van der Waals surface area contributed by atoms with E-state index in [2.05, 4.69) is 10.6 Å². The van der Waals surface area contributed by atoms with E-state index in [4.69, 9.17) is 10.2 Å². The van der Waals surface area contributed by atoms with Gasteiger partial charge in [0.15, 0.2) is 0 Å². The molecule has 2 heterocycles. The van der Waals surface area contributed by atoms with Gasteiger partial charge in [-0.2, -0.15) is 26.3 Å². The molecule has 0 bridgehead atoms. The van der Waals surface area contributed by atoms with Crippen LogP contribution in [0.4, 0.5) is 26.3 Å². The maximum Gasteiger partial charge on any atom is 0.416 e. The summed E-state index contributed by atoms with van der Waals surface area (Å²) in [5.74, 6) is -5.04. The quantitative estimate of drug-likeness (QED) is 0.373. The summed E-state index contributed by atoms with van der Waals surface area (Å²) in [5.41, 5.74) is -1.38. The van der Waals surface area contributed by atoms with Crippen molar-refractivity contribution in [3.05, 3.63) is 70.8 Å². The van der Waals surface area contributed by atoms with Crippen molar-refractivity contribution in [3.63, 3.8) is 0 Å². The third-order valence-corrected chi connectivity index (χ3v) is 6.39. The van der Waals surface area contributed by atoms with E-state index >= 15 is 0 Å². The van der Waals surface area contributed by atoms with Crippen LogP contribution in [-0.2, 0) is 21.9 Å². The smallest absolute Gasteiger partial charge is 0.416 e. The molecule has 38 heavy (non-hydrogen) atoms. The summed E-state index contributed by atoms with van der Waals surface area (Å²) in [4.78, 5) is 22.1. The SMILES string of the molecule is Cl.Cl.O=C(O)[C@@H]1CNC[C@H]1c1ccccc1C(F)(F)F.O=C(O)[C@H]1CNC[C@@H]1c1ccccc1C(F)(F)F. The molecule has 4 atom stereocenters. The Morgan fingerprint density at radius 2 is 0.947 bits per heavy atom. The molecule has 2 aliphatic heterocycles. The van der Waals surface area contributed by atoms with E-state index in [9.17, 15) is 35.9 Å². The molecule has 0 amide bonds. The van der Waals surface area contributed by atoms with Crippen molar-refractivity contribution in [3.8, 4) is 0 Å². The van der Waals surface area contributed by atoms with Gasteiger partial charge in [0.2, 0.25) is 0 Å². The molecule has 0 spiro atoms. The van der Waals surface area contributed by atoms with Crippen molar-refractivity contribution >= 4 is 36.8 Å². The van der Waals surface area contributed by atoms with Gasteiger partial charge < -0.3 is 20.8 Å². The van der Waals surface area contributed by atoms with E-state index in [0.29, 0.717) is 0 Å². The van der Waals surface area contributed by atoms with Gasteiger partial charge in [-0.05, 0) is 23.3 Å². The lowest BCUT2D eigenvalue weighted by Gasteiger charge is -2.20. The number of hydrogen-bond donors (Lipinski definition) is 4. The van der Waals surface area contributed by atoms with Crippen molar-refractivity contribution in [1.82, 2.24) is 10.6 Å². The molecule has 2 fully saturated rings. The first kappa shape index (κ1) is 33.5. The second kappa shape index (κ2) is 13.5. The Labute approximate surface area is 226 Å². The van der Waals surface area contributed by atoms with Crippen molar-refractivity contribution in [2.45, 2.75) is 24.2 Å². The number of carboxylic acids is 2. The molecule has 2 aromatic rings. The Morgan fingerprint density at radius 3 is 1.24 bits per heavy atom. The van der Waals surface area contributed by atoms with Crippen molar-refractivity contribution in [1.29, 1.82) is 0 Å². The Balaban J connectivity index is 0.000000361. The van der Waals surface area contributed by atoms with Crippen LogP contribution in [0.5, 0.6) is 0 Å². The summed E-state index contributed by atoms with van der Waals surface area (Å²) in [5, 5.41) is 23.7. The molecule has 0 radical (unpaired) electrons. The van der Waals surface area contributed by atoms with Crippen LogP contribution >= 0.6 is 24.8 Å². The first-order valence-corrected chi connectivity index (χ1v) is 11.0. The highest BCUT2D eigenvalue weighted by Gasteiger charge is 2.41. The lowest BCUT2D eigenvalue weighted by Crippen LogP contribution is -2.23. The molecular weight excluding hydrogens is 565 g/mol. The molecule has 6 nitrogen and oxygen atoms in total. The summed E-state index contributed by atoms with van der Waals surface area (Å²) < 4.78 is 77.2. The molecule has 2 aromatic carbocycles. The standard InChI is InChI=1S/2C12H12F3NO2.2ClH/c2*13-12(14,15)10-4-2-1-3-7(10)8-5-16-6-9(8)11(17)18;;/h2*1-4,8-9,16H,5-6H2,(H,17,18);2*1H/t2*8-,9+;;/m10../s1. The largest absolute Gasteiger partial charge is 0.481 e. The lowest BCUT2D eigenvalue weighted by molar-refractivity contribution is -0.143. The van der Waals surface area contributed by atoms with E-state index in [-0.39, 0.29) is 62.1 Å². The van der Waals surface area contributed by atoms with Crippen LogP contribution in [0.25, 0.3) is 0 Å². The van der Waals surface area contributed by atoms with Gasteiger partial charge in [0.05, 0.1) is 23.0 Å². The van der Waals surface area contributed by atoms with Crippen LogP contribution in [0.2, 0.25) is 0 Å². The normalized spacial score (nSPS) is 22.9. The minimum Gasteiger partial charge on any atom is -0.481 e. The minimum atomic E-state index is -4.46. The molecular formula is C24H26Cl2F6N2O4. The molecule has 4 N–H and O–H groups in total. The zero-order valence-corrected chi connectivity index (χ0v) is 21.2. The van der Waals surface area contributed by atoms with Crippen LogP contribution in [0, 0.1) is 11.8 Å². The Kier molecular flexibility index (Phi) is 11.9. The summed E-state index contributed by atoms with van der Waals surface area (Å²) in [6.45, 7) is 0.909. The molecule has 14 heteroatoms. The summed E-state index contributed by atoms with van der Waals surface area (Å²) >= 11 is 0. The minimum absolute atomic E-state index is 0. The Morgan fingerprint density at radius 1 is 0.632 bits per heavy atom. The molecule has 212 valence electrons. The van der Waals surface area contributed by atoms with Crippen LogP contribution in [-0.4, -0.2) is 48.3 Å². The van der Waals surface area contributed by atoms with Gasteiger partial charge >= 0.3 is 24.3 Å². The van der Waals surface area contributed by atoms with E-state index in [1.165, 1.54) is 36.4 Å². The molecule has 0 unspecified atom stereocenters. The van der Waals surface area contributed by atoms with Gasteiger partial charge in [0, 0.05) is 38.0 Å². The van der Waals surface area contributed by atoms with Crippen LogP contribution in [0.3, 0.4) is 0 Å². The van der Waals surface area contributed by atoms with Crippen LogP contribution < -0.4 is 10.6 Å². The number of rotatable bonds is 4. The van der Waals surface area contributed by atoms with E-state index < -0.39 is 59.1 Å². The van der Waals surface area contributed by atoms with E-state index in [1.54, 1.807) is 0 Å². The predicted molar refractivity (Wildman–Crippen MR) is 131 cm³/mol. The van der Waals surface area contributed by atoms with Gasteiger partial charge in [-0.25, -0.2) is 0 Å². The third kappa shape index (κ3) is 7.75.